The first-order valence-electron chi connectivity index (χ1n) is 11.0. The number of hydrogen-bond acceptors (Lipinski definition) is 2. The van der Waals surface area contributed by atoms with Crippen molar-refractivity contribution in [2.45, 2.75) is 66.3 Å². The SMILES string of the molecule is Cc1ccc(COCc2c(C(C)C)cc(C(C)C)c(CO)c2-c2ccc(F)cc2)cc1. The molecule has 3 rings (SSSR count). The van der Waals surface area contributed by atoms with Crippen LogP contribution in [-0.2, 0) is 24.6 Å². The van der Waals surface area contributed by atoms with Gasteiger partial charge in [-0.2, -0.15) is 0 Å². The Labute approximate surface area is 185 Å². The van der Waals surface area contributed by atoms with Crippen LogP contribution < -0.4 is 0 Å². The van der Waals surface area contributed by atoms with Crippen molar-refractivity contribution in [1.82, 2.24) is 0 Å². The summed E-state index contributed by atoms with van der Waals surface area (Å²) in [4.78, 5) is 0. The van der Waals surface area contributed by atoms with Gasteiger partial charge in [-0.15, -0.1) is 0 Å². The normalized spacial score (nSPS) is 11.5. The van der Waals surface area contributed by atoms with Gasteiger partial charge >= 0.3 is 0 Å². The van der Waals surface area contributed by atoms with Gasteiger partial charge in [-0.05, 0) is 69.8 Å². The number of halogens is 1. The van der Waals surface area contributed by atoms with Gasteiger partial charge in [0.1, 0.15) is 5.82 Å². The Bertz CT molecular complexity index is 1000. The summed E-state index contributed by atoms with van der Waals surface area (Å²) >= 11 is 0. The maximum absolute atomic E-state index is 13.6. The number of ether oxygens (including phenoxy) is 1. The Balaban J connectivity index is 2.09. The molecule has 0 unspecified atom stereocenters. The van der Waals surface area contributed by atoms with Gasteiger partial charge in [0.2, 0.25) is 0 Å². The third-order valence-corrected chi connectivity index (χ3v) is 5.78. The molecule has 0 aliphatic heterocycles. The Kier molecular flexibility index (Phi) is 7.64. The minimum atomic E-state index is -0.268. The molecule has 0 saturated heterocycles. The average Bonchev–Trinajstić information content (AvgIpc) is 2.74. The zero-order valence-electron chi connectivity index (χ0n) is 19.2. The van der Waals surface area contributed by atoms with Crippen LogP contribution in [0.2, 0.25) is 0 Å². The van der Waals surface area contributed by atoms with Crippen molar-refractivity contribution < 1.29 is 14.2 Å². The van der Waals surface area contributed by atoms with E-state index < -0.39 is 0 Å². The summed E-state index contributed by atoms with van der Waals surface area (Å²) < 4.78 is 19.8. The molecule has 0 aromatic heterocycles. The number of aryl methyl sites for hydroxylation is 1. The lowest BCUT2D eigenvalue weighted by atomic mass is 9.81. The fraction of sp³-hybridized carbons (Fsp3) is 0.357. The fourth-order valence-corrected chi connectivity index (χ4v) is 4.09. The highest BCUT2D eigenvalue weighted by Crippen LogP contribution is 2.39. The van der Waals surface area contributed by atoms with Crippen LogP contribution in [-0.4, -0.2) is 5.11 Å². The van der Waals surface area contributed by atoms with Crippen LogP contribution >= 0.6 is 0 Å². The van der Waals surface area contributed by atoms with Crippen molar-refractivity contribution in [2.24, 2.45) is 0 Å². The maximum atomic E-state index is 13.6. The van der Waals surface area contributed by atoms with E-state index in [4.69, 9.17) is 4.74 Å². The Morgan fingerprint density at radius 3 is 1.94 bits per heavy atom. The second kappa shape index (κ2) is 10.2. The highest BCUT2D eigenvalue weighted by atomic mass is 19.1. The first-order valence-corrected chi connectivity index (χ1v) is 11.0. The van der Waals surface area contributed by atoms with Crippen LogP contribution in [0.5, 0.6) is 0 Å². The van der Waals surface area contributed by atoms with Gasteiger partial charge < -0.3 is 9.84 Å². The number of benzene rings is 3. The number of aliphatic hydroxyl groups excluding tert-OH is 1. The topological polar surface area (TPSA) is 29.5 Å². The lowest BCUT2D eigenvalue weighted by molar-refractivity contribution is 0.106. The van der Waals surface area contributed by atoms with Crippen LogP contribution in [0.15, 0.2) is 54.6 Å². The van der Waals surface area contributed by atoms with Crippen LogP contribution in [0, 0.1) is 12.7 Å². The van der Waals surface area contributed by atoms with E-state index in [2.05, 4.69) is 65.0 Å². The molecule has 2 nitrogen and oxygen atoms in total. The molecule has 0 aliphatic carbocycles. The largest absolute Gasteiger partial charge is 0.392 e. The van der Waals surface area contributed by atoms with E-state index in [1.165, 1.54) is 23.3 Å². The monoisotopic (exact) mass is 420 g/mol. The number of aliphatic hydroxyl groups is 1. The van der Waals surface area contributed by atoms with Gasteiger partial charge in [0.05, 0.1) is 19.8 Å². The molecule has 0 spiro atoms. The van der Waals surface area contributed by atoms with E-state index in [1.807, 2.05) is 0 Å². The summed E-state index contributed by atoms with van der Waals surface area (Å²) in [6, 6.07) is 17.1. The summed E-state index contributed by atoms with van der Waals surface area (Å²) in [7, 11) is 0. The first-order chi connectivity index (χ1) is 14.8. The summed E-state index contributed by atoms with van der Waals surface area (Å²) in [6.45, 7) is 11.6. The number of rotatable bonds is 8. The molecule has 0 radical (unpaired) electrons. The van der Waals surface area contributed by atoms with E-state index >= 15 is 0 Å². The van der Waals surface area contributed by atoms with Crippen LogP contribution in [0.3, 0.4) is 0 Å². The third kappa shape index (κ3) is 5.41. The molecule has 0 bridgehead atoms. The Morgan fingerprint density at radius 1 is 0.806 bits per heavy atom. The molecular weight excluding hydrogens is 387 g/mol. The quantitative estimate of drug-likeness (QED) is 0.416. The van der Waals surface area contributed by atoms with Gasteiger partial charge in [0.15, 0.2) is 0 Å². The molecule has 0 saturated carbocycles. The molecule has 0 heterocycles. The van der Waals surface area contributed by atoms with Gasteiger partial charge in [0.25, 0.3) is 0 Å². The summed E-state index contributed by atoms with van der Waals surface area (Å²) in [5, 5.41) is 10.3. The standard InChI is InChI=1S/C28H33FO2/c1-18(2)24-14-25(19(3)4)27(17-31-16-21-8-6-20(5)7-9-21)28(26(24)15-30)22-10-12-23(29)13-11-22/h6-14,18-19,30H,15-17H2,1-5H3. The Hall–Kier alpha value is -2.49. The van der Waals surface area contributed by atoms with Crippen molar-refractivity contribution >= 4 is 0 Å². The Morgan fingerprint density at radius 2 is 1.39 bits per heavy atom. The summed E-state index contributed by atoms with van der Waals surface area (Å²) in [5.74, 6) is 0.291. The molecule has 3 heteroatoms. The van der Waals surface area contributed by atoms with Crippen molar-refractivity contribution in [2.75, 3.05) is 0 Å². The molecule has 0 fully saturated rings. The molecule has 0 atom stereocenters. The van der Waals surface area contributed by atoms with Crippen molar-refractivity contribution in [3.05, 3.63) is 93.8 Å². The minimum Gasteiger partial charge on any atom is -0.392 e. The van der Waals surface area contributed by atoms with E-state index in [0.717, 1.165) is 33.4 Å². The smallest absolute Gasteiger partial charge is 0.123 e. The molecular formula is C28H33FO2. The second-order valence-electron chi connectivity index (χ2n) is 8.84. The average molecular weight is 421 g/mol. The zero-order chi connectivity index (χ0) is 22.5. The van der Waals surface area contributed by atoms with Crippen LogP contribution in [0.1, 0.15) is 72.9 Å². The highest BCUT2D eigenvalue weighted by Gasteiger charge is 2.22. The van der Waals surface area contributed by atoms with E-state index in [0.29, 0.717) is 19.1 Å². The van der Waals surface area contributed by atoms with Gasteiger partial charge in [0, 0.05) is 0 Å². The fourth-order valence-electron chi connectivity index (χ4n) is 4.09. The van der Waals surface area contributed by atoms with Crippen molar-refractivity contribution in [3.63, 3.8) is 0 Å². The predicted octanol–water partition coefficient (Wildman–Crippen LogP) is 7.26. The molecule has 31 heavy (non-hydrogen) atoms. The second-order valence-corrected chi connectivity index (χ2v) is 8.84. The number of hydrogen-bond donors (Lipinski definition) is 1. The lowest BCUT2D eigenvalue weighted by Gasteiger charge is -2.25. The first kappa shape index (κ1) is 23.2. The predicted molar refractivity (Wildman–Crippen MR) is 126 cm³/mol. The molecule has 1 N–H and O–H groups in total. The van der Waals surface area contributed by atoms with Gasteiger partial charge in [-0.1, -0.05) is 75.7 Å². The molecule has 164 valence electrons. The zero-order valence-corrected chi connectivity index (χ0v) is 19.2. The lowest BCUT2D eigenvalue weighted by Crippen LogP contribution is -2.10. The van der Waals surface area contributed by atoms with E-state index in [9.17, 15) is 9.50 Å². The van der Waals surface area contributed by atoms with Gasteiger partial charge in [-0.3, -0.25) is 0 Å². The third-order valence-electron chi connectivity index (χ3n) is 5.78. The highest BCUT2D eigenvalue weighted by molar-refractivity contribution is 5.74. The van der Waals surface area contributed by atoms with Crippen LogP contribution in [0.25, 0.3) is 11.1 Å². The van der Waals surface area contributed by atoms with E-state index in [1.54, 1.807) is 12.1 Å². The molecule has 0 aliphatic rings. The van der Waals surface area contributed by atoms with Crippen molar-refractivity contribution in [3.8, 4) is 11.1 Å². The van der Waals surface area contributed by atoms with Crippen LogP contribution in [0.4, 0.5) is 4.39 Å². The van der Waals surface area contributed by atoms with E-state index in [-0.39, 0.29) is 18.3 Å². The molecule has 0 amide bonds. The molecule has 3 aromatic carbocycles. The summed E-state index contributed by atoms with van der Waals surface area (Å²) in [6.07, 6.45) is 0. The summed E-state index contributed by atoms with van der Waals surface area (Å²) in [5.41, 5.74) is 8.55. The minimum absolute atomic E-state index is 0.0659. The van der Waals surface area contributed by atoms with Gasteiger partial charge in [-0.25, -0.2) is 4.39 Å². The maximum Gasteiger partial charge on any atom is 0.123 e. The molecule has 3 aromatic rings. The van der Waals surface area contributed by atoms with Crippen molar-refractivity contribution in [1.29, 1.82) is 0 Å².